The number of hydrogen-bond donors (Lipinski definition) is 1. The van der Waals surface area contributed by atoms with E-state index in [4.69, 9.17) is 0 Å². The van der Waals surface area contributed by atoms with Gasteiger partial charge in [0, 0.05) is 5.69 Å². The zero-order chi connectivity index (χ0) is 8.55. The Bertz CT molecular complexity index is 303. The van der Waals surface area contributed by atoms with Crippen molar-refractivity contribution in [3.8, 4) is 0 Å². The molecule has 0 spiro atoms. The third kappa shape index (κ3) is 0.967. The lowest BCUT2D eigenvalue weighted by molar-refractivity contribution is -0.108. The zero-order valence-corrected chi connectivity index (χ0v) is 7.13. The van der Waals surface area contributed by atoms with Crippen LogP contribution in [0, 0.1) is 0 Å². The third-order valence-corrected chi connectivity index (χ3v) is 2.47. The van der Waals surface area contributed by atoms with E-state index in [1.54, 1.807) is 0 Å². The predicted octanol–water partition coefficient (Wildman–Crippen LogP) is 1.20. The number of fused-ring (bicyclic) bond motifs is 1. The average Bonchev–Trinajstić information content (AvgIpc) is 2.62. The Kier molecular flexibility index (Phi) is 1.71. The van der Waals surface area contributed by atoms with E-state index in [0.29, 0.717) is 0 Å². The molecule has 2 rings (SSSR count). The number of aromatic amines is 1. The van der Waals surface area contributed by atoms with Gasteiger partial charge in [-0.15, -0.1) is 0 Å². The molecule has 1 atom stereocenters. The van der Waals surface area contributed by atoms with Crippen LogP contribution in [0.3, 0.4) is 0 Å². The molecule has 0 fully saturated rings. The van der Waals surface area contributed by atoms with E-state index in [2.05, 4.69) is 10.2 Å². The Morgan fingerprint density at radius 1 is 1.58 bits per heavy atom. The highest BCUT2D eigenvalue weighted by molar-refractivity contribution is 5.61. The Morgan fingerprint density at radius 2 is 2.42 bits per heavy atom. The minimum absolute atomic E-state index is 0.0527. The van der Waals surface area contributed by atoms with Crippen molar-refractivity contribution in [3.05, 3.63) is 17.0 Å². The first-order valence-corrected chi connectivity index (χ1v) is 4.34. The van der Waals surface area contributed by atoms with Gasteiger partial charge in [-0.25, -0.2) is 0 Å². The molecular weight excluding hydrogens is 152 g/mol. The van der Waals surface area contributed by atoms with E-state index in [0.717, 1.165) is 24.8 Å². The van der Waals surface area contributed by atoms with E-state index in [1.807, 2.05) is 6.92 Å². The van der Waals surface area contributed by atoms with E-state index in [-0.39, 0.29) is 5.92 Å². The fourth-order valence-electron chi connectivity index (χ4n) is 1.79. The molecule has 1 aromatic heterocycles. The number of aryl methyl sites for hydroxylation is 1. The summed E-state index contributed by atoms with van der Waals surface area (Å²) in [5, 5.41) is 7.14. The standard InChI is InChI=1S/C9H12N2O/c1-6(5-12)9-7-3-2-4-8(7)10-11-9/h5-6H,2-4H2,1H3,(H,10,11). The minimum atomic E-state index is -0.0527. The van der Waals surface area contributed by atoms with Crippen molar-refractivity contribution in [3.63, 3.8) is 0 Å². The first-order valence-electron chi connectivity index (χ1n) is 4.34. The predicted molar refractivity (Wildman–Crippen MR) is 45.1 cm³/mol. The van der Waals surface area contributed by atoms with Crippen LogP contribution in [0.1, 0.15) is 36.2 Å². The van der Waals surface area contributed by atoms with Crippen LogP contribution in [-0.4, -0.2) is 16.5 Å². The number of H-pyrrole nitrogens is 1. The minimum Gasteiger partial charge on any atom is -0.303 e. The van der Waals surface area contributed by atoms with Crippen LogP contribution < -0.4 is 0 Å². The Labute approximate surface area is 71.2 Å². The highest BCUT2D eigenvalue weighted by Gasteiger charge is 2.21. The summed E-state index contributed by atoms with van der Waals surface area (Å²) >= 11 is 0. The Balaban J connectivity index is 2.38. The fraction of sp³-hybridized carbons (Fsp3) is 0.556. The summed E-state index contributed by atoms with van der Waals surface area (Å²) in [6, 6.07) is 0. The van der Waals surface area contributed by atoms with Gasteiger partial charge >= 0.3 is 0 Å². The molecule has 0 radical (unpaired) electrons. The molecule has 0 saturated heterocycles. The maximum Gasteiger partial charge on any atom is 0.128 e. The summed E-state index contributed by atoms with van der Waals surface area (Å²) < 4.78 is 0. The summed E-state index contributed by atoms with van der Waals surface area (Å²) in [6.07, 6.45) is 4.32. The molecule has 1 heterocycles. The number of aromatic nitrogens is 2. The van der Waals surface area contributed by atoms with Gasteiger partial charge in [0.25, 0.3) is 0 Å². The van der Waals surface area contributed by atoms with Crippen LogP contribution in [-0.2, 0) is 17.6 Å². The van der Waals surface area contributed by atoms with Gasteiger partial charge in [-0.1, -0.05) is 6.92 Å². The number of rotatable bonds is 2. The topological polar surface area (TPSA) is 45.8 Å². The fourth-order valence-corrected chi connectivity index (χ4v) is 1.79. The lowest BCUT2D eigenvalue weighted by atomic mass is 10.0. The van der Waals surface area contributed by atoms with Crippen LogP contribution in [0.15, 0.2) is 0 Å². The van der Waals surface area contributed by atoms with Gasteiger partial charge in [-0.3, -0.25) is 5.10 Å². The molecule has 0 bridgehead atoms. The maximum absolute atomic E-state index is 10.5. The monoisotopic (exact) mass is 164 g/mol. The molecule has 0 amide bonds. The molecule has 3 heteroatoms. The van der Waals surface area contributed by atoms with Crippen LogP contribution >= 0.6 is 0 Å². The van der Waals surface area contributed by atoms with Gasteiger partial charge in [-0.05, 0) is 24.8 Å². The largest absolute Gasteiger partial charge is 0.303 e. The summed E-state index contributed by atoms with van der Waals surface area (Å²) in [5.74, 6) is -0.0527. The Hall–Kier alpha value is -1.12. The number of aldehydes is 1. The second-order valence-electron chi connectivity index (χ2n) is 3.34. The molecule has 0 aromatic carbocycles. The van der Waals surface area contributed by atoms with E-state index in [1.165, 1.54) is 17.7 Å². The highest BCUT2D eigenvalue weighted by atomic mass is 16.1. The molecule has 1 aliphatic rings. The van der Waals surface area contributed by atoms with Gasteiger partial charge in [-0.2, -0.15) is 5.10 Å². The van der Waals surface area contributed by atoms with Gasteiger partial charge < -0.3 is 4.79 Å². The molecule has 64 valence electrons. The number of hydrogen-bond acceptors (Lipinski definition) is 2. The summed E-state index contributed by atoms with van der Waals surface area (Å²) in [6.45, 7) is 1.89. The Morgan fingerprint density at radius 3 is 3.17 bits per heavy atom. The quantitative estimate of drug-likeness (QED) is 0.667. The van der Waals surface area contributed by atoms with Crippen molar-refractivity contribution in [2.24, 2.45) is 0 Å². The molecule has 0 saturated carbocycles. The number of nitrogens with one attached hydrogen (secondary N) is 1. The number of nitrogens with zero attached hydrogens (tertiary/aromatic N) is 1. The van der Waals surface area contributed by atoms with Crippen LogP contribution in [0.2, 0.25) is 0 Å². The van der Waals surface area contributed by atoms with Crippen LogP contribution in [0.25, 0.3) is 0 Å². The van der Waals surface area contributed by atoms with Crippen molar-refractivity contribution in [2.75, 3.05) is 0 Å². The van der Waals surface area contributed by atoms with E-state index >= 15 is 0 Å². The average molecular weight is 164 g/mol. The van der Waals surface area contributed by atoms with Crippen molar-refractivity contribution < 1.29 is 4.79 Å². The van der Waals surface area contributed by atoms with Gasteiger partial charge in [0.1, 0.15) is 6.29 Å². The summed E-state index contributed by atoms with van der Waals surface area (Å²) in [5.41, 5.74) is 3.48. The van der Waals surface area contributed by atoms with Crippen LogP contribution in [0.4, 0.5) is 0 Å². The zero-order valence-electron chi connectivity index (χ0n) is 7.13. The van der Waals surface area contributed by atoms with Crippen LogP contribution in [0.5, 0.6) is 0 Å². The molecule has 1 aromatic rings. The van der Waals surface area contributed by atoms with Crippen molar-refractivity contribution in [1.29, 1.82) is 0 Å². The van der Waals surface area contributed by atoms with Crippen molar-refractivity contribution >= 4 is 6.29 Å². The number of carbonyl (C=O) groups excluding carboxylic acids is 1. The number of carbonyl (C=O) groups is 1. The first kappa shape index (κ1) is 7.53. The smallest absolute Gasteiger partial charge is 0.128 e. The molecule has 3 nitrogen and oxygen atoms in total. The second kappa shape index (κ2) is 2.73. The van der Waals surface area contributed by atoms with Gasteiger partial charge in [0.15, 0.2) is 0 Å². The van der Waals surface area contributed by atoms with E-state index < -0.39 is 0 Å². The van der Waals surface area contributed by atoms with Crippen molar-refractivity contribution in [2.45, 2.75) is 32.1 Å². The molecule has 12 heavy (non-hydrogen) atoms. The van der Waals surface area contributed by atoms with Crippen molar-refractivity contribution in [1.82, 2.24) is 10.2 Å². The maximum atomic E-state index is 10.5. The lowest BCUT2D eigenvalue weighted by Gasteiger charge is -1.99. The van der Waals surface area contributed by atoms with Gasteiger partial charge in [0.2, 0.25) is 0 Å². The molecule has 1 aliphatic carbocycles. The molecule has 1 unspecified atom stereocenters. The molecule has 0 aliphatic heterocycles. The summed E-state index contributed by atoms with van der Waals surface area (Å²) in [4.78, 5) is 10.5. The first-order chi connectivity index (χ1) is 5.83. The molecule has 1 N–H and O–H groups in total. The van der Waals surface area contributed by atoms with Gasteiger partial charge in [0.05, 0.1) is 11.6 Å². The van der Waals surface area contributed by atoms with E-state index in [9.17, 15) is 4.79 Å². The molecular formula is C9H12N2O. The normalized spacial score (nSPS) is 17.4. The SMILES string of the molecule is CC(C=O)c1n[nH]c2c1CCC2. The highest BCUT2D eigenvalue weighted by Crippen LogP contribution is 2.26. The second-order valence-corrected chi connectivity index (χ2v) is 3.34. The third-order valence-electron chi connectivity index (χ3n) is 2.47. The summed E-state index contributed by atoms with van der Waals surface area (Å²) in [7, 11) is 0. The lowest BCUT2D eigenvalue weighted by Crippen LogP contribution is -1.98.